The molecule has 3 amide bonds. The Labute approximate surface area is 148 Å². The van der Waals surface area contributed by atoms with E-state index in [0.29, 0.717) is 6.10 Å². The van der Waals surface area contributed by atoms with Crippen molar-refractivity contribution in [3.63, 3.8) is 0 Å². The van der Waals surface area contributed by atoms with Gasteiger partial charge in [0, 0.05) is 17.6 Å². The van der Waals surface area contributed by atoms with Gasteiger partial charge in [-0.05, 0) is 75.6 Å². The second-order valence-corrected chi connectivity index (χ2v) is 7.10. The van der Waals surface area contributed by atoms with Crippen molar-refractivity contribution in [1.82, 2.24) is 5.32 Å². The van der Waals surface area contributed by atoms with Gasteiger partial charge in [-0.3, -0.25) is 4.79 Å². The smallest absolute Gasteiger partial charge is 0.319 e. The number of anilines is 1. The highest BCUT2D eigenvalue weighted by atomic mass is 16.5. The summed E-state index contributed by atoms with van der Waals surface area (Å²) in [6.07, 6.45) is 8.13. The van der Waals surface area contributed by atoms with E-state index in [9.17, 15) is 9.59 Å². The molecule has 2 aliphatic carbocycles. The number of primary amides is 1. The number of amides is 3. The van der Waals surface area contributed by atoms with Gasteiger partial charge in [-0.25, -0.2) is 4.79 Å². The molecule has 25 heavy (non-hydrogen) atoms. The van der Waals surface area contributed by atoms with Crippen LogP contribution in [0.3, 0.4) is 0 Å². The number of carbonyl (C=O) groups is 2. The highest BCUT2D eigenvalue weighted by molar-refractivity contribution is 5.89. The first-order valence-electron chi connectivity index (χ1n) is 9.23. The van der Waals surface area contributed by atoms with Gasteiger partial charge in [0.05, 0.1) is 6.10 Å². The molecule has 0 spiro atoms. The van der Waals surface area contributed by atoms with Crippen LogP contribution in [0.1, 0.15) is 51.4 Å². The minimum absolute atomic E-state index is 0.0477. The predicted octanol–water partition coefficient (Wildman–Crippen LogP) is 3.17. The molecule has 6 heteroatoms. The van der Waals surface area contributed by atoms with Crippen molar-refractivity contribution < 1.29 is 14.3 Å². The molecule has 2 saturated carbocycles. The summed E-state index contributed by atoms with van der Waals surface area (Å²) in [6, 6.07) is 7.38. The normalized spacial score (nSPS) is 23.8. The molecular formula is C19H27N3O3. The lowest BCUT2D eigenvalue weighted by atomic mass is 9.86. The molecule has 0 radical (unpaired) electrons. The number of urea groups is 1. The fourth-order valence-corrected chi connectivity index (χ4v) is 3.69. The van der Waals surface area contributed by atoms with Gasteiger partial charge >= 0.3 is 6.03 Å². The van der Waals surface area contributed by atoms with Crippen molar-refractivity contribution in [2.75, 3.05) is 5.32 Å². The monoisotopic (exact) mass is 345 g/mol. The maximum atomic E-state index is 12.1. The van der Waals surface area contributed by atoms with Crippen LogP contribution in [0.15, 0.2) is 24.3 Å². The Morgan fingerprint density at radius 3 is 2.20 bits per heavy atom. The van der Waals surface area contributed by atoms with Gasteiger partial charge in [0.15, 0.2) is 0 Å². The van der Waals surface area contributed by atoms with Crippen molar-refractivity contribution >= 4 is 17.6 Å². The van der Waals surface area contributed by atoms with Gasteiger partial charge in [-0.2, -0.15) is 0 Å². The fraction of sp³-hybridized carbons (Fsp3) is 0.579. The summed E-state index contributed by atoms with van der Waals surface area (Å²) in [7, 11) is 0. The fourth-order valence-electron chi connectivity index (χ4n) is 3.69. The summed E-state index contributed by atoms with van der Waals surface area (Å²) < 4.78 is 5.92. The molecule has 2 aliphatic rings. The zero-order valence-corrected chi connectivity index (χ0v) is 14.5. The van der Waals surface area contributed by atoms with Crippen LogP contribution in [0.4, 0.5) is 10.5 Å². The number of rotatable bonds is 5. The van der Waals surface area contributed by atoms with Gasteiger partial charge in [-0.15, -0.1) is 0 Å². The van der Waals surface area contributed by atoms with Crippen LogP contribution >= 0.6 is 0 Å². The highest BCUT2D eigenvalue weighted by Crippen LogP contribution is 2.26. The van der Waals surface area contributed by atoms with Crippen molar-refractivity contribution in [3.8, 4) is 5.75 Å². The molecule has 1 aromatic carbocycles. The lowest BCUT2D eigenvalue weighted by molar-refractivity contribution is -0.122. The van der Waals surface area contributed by atoms with Gasteiger partial charge in [0.1, 0.15) is 5.75 Å². The number of hydrogen-bond donors (Lipinski definition) is 3. The Balaban J connectivity index is 1.42. The summed E-state index contributed by atoms with van der Waals surface area (Å²) in [5, 5.41) is 5.81. The summed E-state index contributed by atoms with van der Waals surface area (Å²) >= 11 is 0. The molecule has 0 atom stereocenters. The first-order valence-corrected chi connectivity index (χ1v) is 9.23. The Hall–Kier alpha value is -2.24. The van der Waals surface area contributed by atoms with E-state index in [4.69, 9.17) is 10.5 Å². The second kappa shape index (κ2) is 8.23. The zero-order chi connectivity index (χ0) is 17.6. The predicted molar refractivity (Wildman–Crippen MR) is 96.4 cm³/mol. The molecule has 0 heterocycles. The Kier molecular flexibility index (Phi) is 5.79. The quantitative estimate of drug-likeness (QED) is 0.765. The van der Waals surface area contributed by atoms with Crippen molar-refractivity contribution in [3.05, 3.63) is 24.3 Å². The molecule has 1 aromatic rings. The zero-order valence-electron chi connectivity index (χ0n) is 14.5. The summed E-state index contributed by atoms with van der Waals surface area (Å²) in [6.45, 7) is 0. The molecule has 0 bridgehead atoms. The van der Waals surface area contributed by atoms with E-state index < -0.39 is 0 Å². The Morgan fingerprint density at radius 1 is 0.960 bits per heavy atom. The Bertz CT molecular complexity index is 588. The molecule has 0 aromatic heterocycles. The lowest BCUT2D eigenvalue weighted by Gasteiger charge is -2.27. The molecule has 0 unspecified atom stereocenters. The third kappa shape index (κ3) is 5.11. The van der Waals surface area contributed by atoms with E-state index in [0.717, 1.165) is 50.0 Å². The molecule has 6 nitrogen and oxygen atoms in total. The standard InChI is InChI=1S/C19H27N3O3/c20-18(23)13-5-7-14(8-6-13)21-19(24)22-15-9-11-17(12-10-15)25-16-3-1-2-4-16/h9-14,16H,1-8H2,(H2,20,23)(H2,21,22,24). The van der Waals surface area contributed by atoms with Crippen LogP contribution in [0, 0.1) is 5.92 Å². The van der Waals surface area contributed by atoms with Crippen LogP contribution in [-0.2, 0) is 4.79 Å². The second-order valence-electron chi connectivity index (χ2n) is 7.10. The van der Waals surface area contributed by atoms with Crippen LogP contribution in [0.25, 0.3) is 0 Å². The summed E-state index contributed by atoms with van der Waals surface area (Å²) in [4.78, 5) is 23.3. The van der Waals surface area contributed by atoms with Crippen molar-refractivity contribution in [2.24, 2.45) is 11.7 Å². The minimum Gasteiger partial charge on any atom is -0.490 e. The molecule has 2 fully saturated rings. The van der Waals surface area contributed by atoms with Crippen molar-refractivity contribution in [1.29, 1.82) is 0 Å². The molecule has 136 valence electrons. The van der Waals surface area contributed by atoms with E-state index in [1.807, 2.05) is 24.3 Å². The Morgan fingerprint density at radius 2 is 1.60 bits per heavy atom. The average Bonchev–Trinajstić information content (AvgIpc) is 3.10. The van der Waals surface area contributed by atoms with Gasteiger partial charge in [0.25, 0.3) is 0 Å². The van der Waals surface area contributed by atoms with E-state index in [1.165, 1.54) is 12.8 Å². The molecule has 0 aliphatic heterocycles. The van der Waals surface area contributed by atoms with E-state index in [2.05, 4.69) is 10.6 Å². The van der Waals surface area contributed by atoms with Gasteiger partial charge in [0.2, 0.25) is 5.91 Å². The van der Waals surface area contributed by atoms with Gasteiger partial charge in [-0.1, -0.05) is 0 Å². The van der Waals surface area contributed by atoms with Crippen molar-refractivity contribution in [2.45, 2.75) is 63.5 Å². The molecule has 4 N–H and O–H groups in total. The number of hydrogen-bond acceptors (Lipinski definition) is 3. The minimum atomic E-state index is -0.234. The topological polar surface area (TPSA) is 93.5 Å². The third-order valence-corrected chi connectivity index (χ3v) is 5.18. The number of nitrogens with one attached hydrogen (secondary N) is 2. The van der Waals surface area contributed by atoms with E-state index in [-0.39, 0.29) is 23.9 Å². The van der Waals surface area contributed by atoms with Crippen LogP contribution < -0.4 is 21.1 Å². The molecule has 3 rings (SSSR count). The number of benzene rings is 1. The SMILES string of the molecule is NC(=O)C1CCC(NC(=O)Nc2ccc(OC3CCCC3)cc2)CC1. The number of carbonyl (C=O) groups excluding carboxylic acids is 2. The average molecular weight is 345 g/mol. The summed E-state index contributed by atoms with van der Waals surface area (Å²) in [5.74, 6) is 0.568. The maximum Gasteiger partial charge on any atom is 0.319 e. The molecular weight excluding hydrogens is 318 g/mol. The largest absolute Gasteiger partial charge is 0.490 e. The summed E-state index contributed by atoms with van der Waals surface area (Å²) in [5.41, 5.74) is 6.07. The first kappa shape index (κ1) is 17.6. The first-order chi connectivity index (χ1) is 12.1. The van der Waals surface area contributed by atoms with Crippen LogP contribution in [0.5, 0.6) is 5.75 Å². The lowest BCUT2D eigenvalue weighted by Crippen LogP contribution is -2.41. The number of nitrogens with two attached hydrogens (primary N) is 1. The third-order valence-electron chi connectivity index (χ3n) is 5.18. The van der Waals surface area contributed by atoms with Crippen LogP contribution in [-0.4, -0.2) is 24.1 Å². The van der Waals surface area contributed by atoms with E-state index in [1.54, 1.807) is 0 Å². The van der Waals surface area contributed by atoms with Crippen LogP contribution in [0.2, 0.25) is 0 Å². The maximum absolute atomic E-state index is 12.1. The van der Waals surface area contributed by atoms with Gasteiger partial charge < -0.3 is 21.1 Å². The highest BCUT2D eigenvalue weighted by Gasteiger charge is 2.25. The molecule has 0 saturated heterocycles. The number of ether oxygens (including phenoxy) is 1. The van der Waals surface area contributed by atoms with E-state index >= 15 is 0 Å².